The van der Waals surface area contributed by atoms with Gasteiger partial charge < -0.3 is 0 Å². The molecule has 24 heavy (non-hydrogen) atoms. The summed E-state index contributed by atoms with van der Waals surface area (Å²) in [5.41, 5.74) is 0.990. The molecule has 0 aliphatic rings. The Morgan fingerprint density at radius 1 is 0.500 bits per heavy atom. The Hall–Kier alpha value is -0.440. The Balaban J connectivity index is 0. The zero-order valence-electron chi connectivity index (χ0n) is 18.5. The molecular weight excluding hydrogens is 288 g/mol. The van der Waals surface area contributed by atoms with Crippen molar-refractivity contribution in [2.24, 2.45) is 10.8 Å². The summed E-state index contributed by atoms with van der Waals surface area (Å²) in [7, 11) is 0. The van der Waals surface area contributed by atoms with E-state index in [0.29, 0.717) is 10.8 Å². The molecule has 0 aliphatic heterocycles. The van der Waals surface area contributed by atoms with Gasteiger partial charge in [-0.15, -0.1) is 11.8 Å². The highest BCUT2D eigenvalue weighted by atomic mass is 14.1. The van der Waals surface area contributed by atoms with Gasteiger partial charge in [-0.25, -0.2) is 0 Å². The molecule has 0 aromatic heterocycles. The summed E-state index contributed by atoms with van der Waals surface area (Å²) in [6, 6.07) is 0. The molecule has 0 atom stereocenters. The minimum absolute atomic E-state index is 0.444. The van der Waals surface area contributed by atoms with Crippen LogP contribution in [0.3, 0.4) is 0 Å². The van der Waals surface area contributed by atoms with Gasteiger partial charge in [0.05, 0.1) is 0 Å². The molecule has 0 saturated heterocycles. The van der Waals surface area contributed by atoms with E-state index in [1.807, 2.05) is 0 Å². The molecule has 0 fully saturated rings. The summed E-state index contributed by atoms with van der Waals surface area (Å²) in [5.74, 6) is 6.44. The van der Waals surface area contributed by atoms with E-state index >= 15 is 0 Å². The largest absolute Gasteiger partial charge is 0.103 e. The molecule has 0 aromatic carbocycles. The van der Waals surface area contributed by atoms with Crippen molar-refractivity contribution in [1.82, 2.24) is 0 Å². The molecule has 0 heterocycles. The van der Waals surface area contributed by atoms with Crippen molar-refractivity contribution in [2.75, 3.05) is 0 Å². The van der Waals surface area contributed by atoms with Gasteiger partial charge in [-0.1, -0.05) is 100 Å². The zero-order chi connectivity index (χ0) is 18.9. The van der Waals surface area contributed by atoms with Crippen molar-refractivity contribution in [3.8, 4) is 11.8 Å². The van der Waals surface area contributed by atoms with Gasteiger partial charge in [-0.3, -0.25) is 0 Å². The number of rotatable bonds is 9. The molecule has 0 N–H and O–H groups in total. The van der Waals surface area contributed by atoms with Gasteiger partial charge in [-0.05, 0) is 30.1 Å². The lowest BCUT2D eigenvalue weighted by Crippen LogP contribution is -2.03. The van der Waals surface area contributed by atoms with Crippen LogP contribution in [0.15, 0.2) is 0 Å². The van der Waals surface area contributed by atoms with Gasteiger partial charge in [0.1, 0.15) is 0 Å². The fourth-order valence-electron chi connectivity index (χ4n) is 2.32. The van der Waals surface area contributed by atoms with Crippen LogP contribution in [-0.4, -0.2) is 0 Å². The smallest absolute Gasteiger partial charge is 0.00936 e. The number of hydrogen-bond donors (Lipinski definition) is 0. The molecule has 144 valence electrons. The van der Waals surface area contributed by atoms with Crippen LogP contribution in [0.4, 0.5) is 0 Å². The molecule has 0 aliphatic carbocycles. The summed E-state index contributed by atoms with van der Waals surface area (Å²) in [5, 5.41) is 0. The van der Waals surface area contributed by atoms with Crippen molar-refractivity contribution in [1.29, 1.82) is 0 Å². The van der Waals surface area contributed by atoms with Gasteiger partial charge in [0.25, 0.3) is 0 Å². The maximum atomic E-state index is 3.23. The minimum atomic E-state index is 0.444. The molecule has 0 amide bonds. The van der Waals surface area contributed by atoms with Gasteiger partial charge in [0.2, 0.25) is 0 Å². The second-order valence-corrected chi connectivity index (χ2v) is 9.60. The van der Waals surface area contributed by atoms with Crippen LogP contribution < -0.4 is 0 Å². The molecular formula is C24H48. The average Bonchev–Trinajstić information content (AvgIpc) is 2.45. The Morgan fingerprint density at radius 2 is 0.958 bits per heavy atom. The highest BCUT2D eigenvalue weighted by Crippen LogP contribution is 2.22. The summed E-state index contributed by atoms with van der Waals surface area (Å²) in [4.78, 5) is 0. The first-order valence-corrected chi connectivity index (χ1v) is 10.6. The maximum Gasteiger partial charge on any atom is 0.00936 e. The molecule has 0 bridgehead atoms. The van der Waals surface area contributed by atoms with E-state index in [1.54, 1.807) is 0 Å². The minimum Gasteiger partial charge on any atom is -0.103 e. The van der Waals surface area contributed by atoms with E-state index < -0.39 is 0 Å². The molecule has 0 rings (SSSR count). The Labute approximate surface area is 155 Å². The third kappa shape index (κ3) is 29.6. The summed E-state index contributed by atoms with van der Waals surface area (Å²) in [6.45, 7) is 18.3. The number of unbranched alkanes of at least 4 members (excludes halogenated alkanes) is 7. The second kappa shape index (κ2) is 16.1. The van der Waals surface area contributed by atoms with Crippen LogP contribution >= 0.6 is 0 Å². The van der Waals surface area contributed by atoms with Gasteiger partial charge in [0, 0.05) is 12.8 Å². The lowest BCUT2D eigenvalue weighted by molar-refractivity contribution is 0.356. The van der Waals surface area contributed by atoms with Crippen LogP contribution in [0.1, 0.15) is 132 Å². The van der Waals surface area contributed by atoms with E-state index in [0.717, 1.165) is 12.8 Å². The predicted octanol–water partition coefficient (Wildman–Crippen LogP) is 8.79. The Kier molecular flexibility index (Phi) is 17.3. The van der Waals surface area contributed by atoms with Crippen molar-refractivity contribution in [2.45, 2.75) is 132 Å². The maximum absolute atomic E-state index is 3.23. The topological polar surface area (TPSA) is 0 Å². The van der Waals surface area contributed by atoms with Crippen molar-refractivity contribution >= 4 is 0 Å². The van der Waals surface area contributed by atoms with Crippen molar-refractivity contribution in [3.63, 3.8) is 0 Å². The quantitative estimate of drug-likeness (QED) is 0.291. The lowest BCUT2D eigenvalue weighted by atomic mass is 9.89. The van der Waals surface area contributed by atoms with Crippen molar-refractivity contribution in [3.05, 3.63) is 0 Å². The lowest BCUT2D eigenvalue weighted by Gasteiger charge is -2.17. The first-order valence-electron chi connectivity index (χ1n) is 10.6. The normalized spacial score (nSPS) is 11.3. The highest BCUT2D eigenvalue weighted by molar-refractivity contribution is 4.99. The van der Waals surface area contributed by atoms with Gasteiger partial charge in [-0.2, -0.15) is 0 Å². The summed E-state index contributed by atoms with van der Waals surface area (Å²) in [6.07, 6.45) is 15.8. The molecule has 0 unspecified atom stereocenters. The van der Waals surface area contributed by atoms with Gasteiger partial charge in [0.15, 0.2) is 0 Å². The zero-order valence-corrected chi connectivity index (χ0v) is 18.5. The average molecular weight is 337 g/mol. The van der Waals surface area contributed by atoms with Crippen molar-refractivity contribution < 1.29 is 0 Å². The van der Waals surface area contributed by atoms with Crippen LogP contribution in [0.25, 0.3) is 0 Å². The molecule has 0 saturated carbocycles. The van der Waals surface area contributed by atoms with E-state index in [4.69, 9.17) is 0 Å². The third-order valence-electron chi connectivity index (χ3n) is 4.06. The van der Waals surface area contributed by atoms with Crippen LogP contribution in [0.2, 0.25) is 0 Å². The summed E-state index contributed by atoms with van der Waals surface area (Å²) >= 11 is 0. The predicted molar refractivity (Wildman–Crippen MR) is 113 cm³/mol. The van der Waals surface area contributed by atoms with Crippen LogP contribution in [0.5, 0.6) is 0 Å². The third-order valence-corrected chi connectivity index (χ3v) is 4.06. The summed E-state index contributed by atoms with van der Waals surface area (Å²) < 4.78 is 0. The van der Waals surface area contributed by atoms with E-state index in [1.165, 1.54) is 64.2 Å². The fraction of sp³-hybridized carbons (Fsp3) is 0.917. The fourth-order valence-corrected chi connectivity index (χ4v) is 2.32. The SMILES string of the molecule is CCCCC#CCCC(C)(C)C.CCCCCCCCC(C)(C)C. The van der Waals surface area contributed by atoms with Gasteiger partial charge >= 0.3 is 0 Å². The highest BCUT2D eigenvalue weighted by Gasteiger charge is 2.08. The first kappa shape index (κ1) is 25.8. The molecule has 0 radical (unpaired) electrons. The Bertz CT molecular complexity index is 300. The monoisotopic (exact) mass is 336 g/mol. The standard InChI is InChI=1S/C12H26.C12H22/c2*1-5-6-7-8-9-10-11-12(2,3)4/h5-11H2,1-4H3;5-7,10-11H2,1-4H3. The Morgan fingerprint density at radius 3 is 1.46 bits per heavy atom. The first-order chi connectivity index (χ1) is 11.1. The van der Waals surface area contributed by atoms with Crippen LogP contribution in [-0.2, 0) is 0 Å². The molecule has 0 heteroatoms. The molecule has 0 spiro atoms. The second-order valence-electron chi connectivity index (χ2n) is 9.60. The van der Waals surface area contributed by atoms with E-state index in [2.05, 4.69) is 67.2 Å². The van der Waals surface area contributed by atoms with E-state index in [9.17, 15) is 0 Å². The number of hydrogen-bond acceptors (Lipinski definition) is 0. The van der Waals surface area contributed by atoms with Crippen LogP contribution in [0, 0.1) is 22.7 Å². The van der Waals surface area contributed by atoms with E-state index in [-0.39, 0.29) is 0 Å². The molecule has 0 nitrogen and oxygen atoms in total. The molecule has 0 aromatic rings.